The highest BCUT2D eigenvalue weighted by molar-refractivity contribution is 5.84. The Labute approximate surface area is 95.0 Å². The van der Waals surface area contributed by atoms with Crippen LogP contribution in [0.2, 0.25) is 0 Å². The summed E-state index contributed by atoms with van der Waals surface area (Å²) in [6, 6.07) is 0. The van der Waals surface area contributed by atoms with E-state index in [1.165, 1.54) is 5.32 Å². The number of carbonyl (C=O) groups is 1. The van der Waals surface area contributed by atoms with Gasteiger partial charge in [-0.15, -0.1) is 0 Å². The second-order valence-corrected chi connectivity index (χ2v) is 3.47. The van der Waals surface area contributed by atoms with Crippen molar-refractivity contribution >= 4 is 5.91 Å². The van der Waals surface area contributed by atoms with Gasteiger partial charge in [-0.1, -0.05) is 12.8 Å². The molecule has 0 radical (unpaired) electrons. The number of amides is 1. The summed E-state index contributed by atoms with van der Waals surface area (Å²) in [4.78, 5) is 10.6. The van der Waals surface area contributed by atoms with Gasteiger partial charge in [0.05, 0.1) is 0 Å². The third kappa shape index (κ3) is 5.29. The summed E-state index contributed by atoms with van der Waals surface area (Å²) in [6.07, 6.45) is -3.87. The number of hydrogen-bond acceptors (Lipinski definition) is 2. The van der Waals surface area contributed by atoms with Crippen molar-refractivity contribution in [2.45, 2.75) is 37.8 Å². The molecule has 0 fully saturated rings. The molecule has 0 atom stereocenters. The van der Waals surface area contributed by atoms with Crippen LogP contribution in [0.15, 0.2) is 0 Å². The first-order valence-electron chi connectivity index (χ1n) is 5.07. The van der Waals surface area contributed by atoms with E-state index in [1.807, 2.05) is 0 Å². The molecule has 0 bridgehead atoms. The van der Waals surface area contributed by atoms with Gasteiger partial charge in [0.25, 0.3) is 5.91 Å². The topological polar surface area (TPSA) is 49.3 Å². The summed E-state index contributed by atoms with van der Waals surface area (Å²) in [6.45, 7) is -0.242. The lowest BCUT2D eigenvalue weighted by Gasteiger charge is -2.18. The van der Waals surface area contributed by atoms with Crippen molar-refractivity contribution < 1.29 is 31.9 Å². The van der Waals surface area contributed by atoms with Crippen LogP contribution in [-0.2, 0) is 4.79 Å². The smallest absolute Gasteiger partial charge is 0.396 e. The average molecular weight is 263 g/mol. The fourth-order valence-electron chi connectivity index (χ4n) is 1.03. The standard InChI is InChI=1S/C9H14F5NO2/c10-8(11,9(12,13)14)7(17)15-5-3-1-2-4-6-16/h16H,1-6H2,(H,15,17). The predicted octanol–water partition coefficient (Wildman–Crippen LogP) is 1.85. The van der Waals surface area contributed by atoms with E-state index in [0.717, 1.165) is 0 Å². The Hall–Kier alpha value is -0.920. The third-order valence-electron chi connectivity index (χ3n) is 2.01. The molecule has 17 heavy (non-hydrogen) atoms. The molecule has 0 aromatic rings. The van der Waals surface area contributed by atoms with Crippen LogP contribution < -0.4 is 5.32 Å². The second-order valence-electron chi connectivity index (χ2n) is 3.47. The van der Waals surface area contributed by atoms with Crippen molar-refractivity contribution in [3.8, 4) is 0 Å². The first-order valence-corrected chi connectivity index (χ1v) is 5.07. The van der Waals surface area contributed by atoms with Gasteiger partial charge >= 0.3 is 12.1 Å². The maximum Gasteiger partial charge on any atom is 0.463 e. The Bertz CT molecular complexity index is 242. The second kappa shape index (κ2) is 6.73. The van der Waals surface area contributed by atoms with E-state index in [0.29, 0.717) is 25.7 Å². The van der Waals surface area contributed by atoms with Crippen LogP contribution in [-0.4, -0.2) is 36.3 Å². The highest BCUT2D eigenvalue weighted by Gasteiger charge is 2.63. The first kappa shape index (κ1) is 16.1. The summed E-state index contributed by atoms with van der Waals surface area (Å²) < 4.78 is 59.9. The molecule has 0 saturated heterocycles. The van der Waals surface area contributed by atoms with E-state index in [4.69, 9.17) is 5.11 Å². The molecular weight excluding hydrogens is 249 g/mol. The summed E-state index contributed by atoms with van der Waals surface area (Å²) >= 11 is 0. The predicted molar refractivity (Wildman–Crippen MR) is 49.6 cm³/mol. The van der Waals surface area contributed by atoms with Crippen molar-refractivity contribution in [2.75, 3.05) is 13.2 Å². The van der Waals surface area contributed by atoms with Gasteiger partial charge in [0.1, 0.15) is 0 Å². The third-order valence-corrected chi connectivity index (χ3v) is 2.01. The van der Waals surface area contributed by atoms with Crippen molar-refractivity contribution in [3.05, 3.63) is 0 Å². The summed E-state index contributed by atoms with van der Waals surface area (Å²) in [5.74, 6) is -7.68. The van der Waals surface area contributed by atoms with E-state index in [1.54, 1.807) is 0 Å². The first-order chi connectivity index (χ1) is 7.73. The number of halogens is 5. The van der Waals surface area contributed by atoms with Crippen LogP contribution in [0, 0.1) is 0 Å². The van der Waals surface area contributed by atoms with E-state index in [-0.39, 0.29) is 13.2 Å². The van der Waals surface area contributed by atoms with Crippen molar-refractivity contribution in [1.82, 2.24) is 5.32 Å². The Morgan fingerprint density at radius 2 is 1.53 bits per heavy atom. The summed E-state index contributed by atoms with van der Waals surface area (Å²) in [7, 11) is 0. The summed E-state index contributed by atoms with van der Waals surface area (Å²) in [5.41, 5.74) is 0. The molecular formula is C9H14F5NO2. The molecule has 102 valence electrons. The minimum atomic E-state index is -5.87. The number of alkyl halides is 5. The van der Waals surface area contributed by atoms with E-state index in [2.05, 4.69) is 0 Å². The fourth-order valence-corrected chi connectivity index (χ4v) is 1.03. The van der Waals surface area contributed by atoms with Crippen LogP contribution in [0.5, 0.6) is 0 Å². The van der Waals surface area contributed by atoms with Crippen molar-refractivity contribution in [2.24, 2.45) is 0 Å². The van der Waals surface area contributed by atoms with Gasteiger partial charge < -0.3 is 10.4 Å². The number of aliphatic hydroxyl groups excluding tert-OH is 1. The number of nitrogens with one attached hydrogen (secondary N) is 1. The molecule has 0 aliphatic heterocycles. The molecule has 0 aromatic heterocycles. The minimum Gasteiger partial charge on any atom is -0.396 e. The lowest BCUT2D eigenvalue weighted by Crippen LogP contribution is -2.50. The van der Waals surface area contributed by atoms with Gasteiger partial charge in [-0.05, 0) is 12.8 Å². The zero-order valence-electron chi connectivity index (χ0n) is 8.99. The van der Waals surface area contributed by atoms with Crippen LogP contribution in [0.3, 0.4) is 0 Å². The highest BCUT2D eigenvalue weighted by atomic mass is 19.4. The zero-order valence-corrected chi connectivity index (χ0v) is 8.99. The molecule has 0 unspecified atom stereocenters. The van der Waals surface area contributed by atoms with Crippen LogP contribution in [0.4, 0.5) is 22.0 Å². The molecule has 0 spiro atoms. The molecule has 0 rings (SSSR count). The number of hydrogen-bond donors (Lipinski definition) is 2. The Morgan fingerprint density at radius 3 is 2.00 bits per heavy atom. The van der Waals surface area contributed by atoms with Crippen molar-refractivity contribution in [1.29, 1.82) is 0 Å². The van der Waals surface area contributed by atoms with Gasteiger partial charge in [-0.2, -0.15) is 22.0 Å². The molecule has 2 N–H and O–H groups in total. The number of unbranched alkanes of at least 4 members (excludes halogenated alkanes) is 3. The molecule has 1 amide bonds. The van der Waals surface area contributed by atoms with Crippen molar-refractivity contribution in [3.63, 3.8) is 0 Å². The molecule has 0 aliphatic rings. The van der Waals surface area contributed by atoms with Gasteiger partial charge in [0.2, 0.25) is 0 Å². The van der Waals surface area contributed by atoms with Gasteiger partial charge in [0.15, 0.2) is 0 Å². The van der Waals surface area contributed by atoms with Crippen LogP contribution in [0.25, 0.3) is 0 Å². The van der Waals surface area contributed by atoms with Crippen LogP contribution in [0.1, 0.15) is 25.7 Å². The Kier molecular flexibility index (Phi) is 6.36. The quantitative estimate of drug-likeness (QED) is 0.544. The molecule has 0 heterocycles. The Morgan fingerprint density at radius 1 is 1.00 bits per heavy atom. The SMILES string of the molecule is O=C(NCCCCCCO)C(F)(F)C(F)(F)F. The molecule has 0 aromatic carbocycles. The van der Waals surface area contributed by atoms with E-state index in [9.17, 15) is 26.7 Å². The van der Waals surface area contributed by atoms with Gasteiger partial charge in [-0.3, -0.25) is 4.79 Å². The molecule has 8 heteroatoms. The van der Waals surface area contributed by atoms with Gasteiger partial charge in [0, 0.05) is 13.2 Å². The van der Waals surface area contributed by atoms with Gasteiger partial charge in [-0.25, -0.2) is 0 Å². The maximum absolute atomic E-state index is 12.4. The highest BCUT2D eigenvalue weighted by Crippen LogP contribution is 2.35. The lowest BCUT2D eigenvalue weighted by atomic mass is 10.2. The average Bonchev–Trinajstić information content (AvgIpc) is 2.21. The normalized spacial score (nSPS) is 12.6. The molecule has 3 nitrogen and oxygen atoms in total. The number of aliphatic hydroxyl groups is 1. The number of rotatable bonds is 7. The lowest BCUT2D eigenvalue weighted by molar-refractivity contribution is -0.269. The zero-order chi connectivity index (χ0) is 13.5. The van der Waals surface area contributed by atoms with Crippen LogP contribution >= 0.6 is 0 Å². The Balaban J connectivity index is 3.87. The maximum atomic E-state index is 12.4. The fraction of sp³-hybridized carbons (Fsp3) is 0.889. The monoisotopic (exact) mass is 263 g/mol. The summed E-state index contributed by atoms with van der Waals surface area (Å²) in [5, 5.41) is 9.95. The largest absolute Gasteiger partial charge is 0.463 e. The van der Waals surface area contributed by atoms with E-state index >= 15 is 0 Å². The molecule has 0 aliphatic carbocycles. The van der Waals surface area contributed by atoms with E-state index < -0.39 is 18.0 Å². The number of carbonyl (C=O) groups excluding carboxylic acids is 1. The minimum absolute atomic E-state index is 0.00148. The molecule has 0 saturated carbocycles.